The van der Waals surface area contributed by atoms with Crippen LogP contribution < -0.4 is 0 Å². The van der Waals surface area contributed by atoms with Crippen LogP contribution in [0.25, 0.3) is 0 Å². The molecule has 42 valence electrons. The van der Waals surface area contributed by atoms with Gasteiger partial charge < -0.3 is 4.79 Å². The predicted molar refractivity (Wildman–Crippen MR) is 34.3 cm³/mol. The molecule has 0 fully saturated rings. The highest BCUT2D eigenvalue weighted by Gasteiger charge is 2.01. The van der Waals surface area contributed by atoms with Gasteiger partial charge in [-0.25, -0.2) is 0 Å². The first-order chi connectivity index (χ1) is 3.18. The average molecular weight is 116 g/mol. The molecule has 2 heteroatoms. The molecule has 0 aromatic carbocycles. The molecular formula is C5H12OSi. The van der Waals surface area contributed by atoms with Gasteiger partial charge >= 0.3 is 0 Å². The molecule has 7 heavy (non-hydrogen) atoms. The van der Waals surface area contributed by atoms with Crippen molar-refractivity contribution >= 4 is 14.9 Å². The summed E-state index contributed by atoms with van der Waals surface area (Å²) in [6, 6.07) is 0. The van der Waals surface area contributed by atoms with E-state index in [-0.39, 0.29) is 15.4 Å². The van der Waals surface area contributed by atoms with Crippen molar-refractivity contribution < 1.29 is 4.79 Å². The minimum Gasteiger partial charge on any atom is -0.306 e. The number of carbonyl (C=O) groups excluding carboxylic acids is 1. The first-order valence-corrected chi connectivity index (χ1v) is 4.83. The molecule has 0 aliphatic carbocycles. The van der Waals surface area contributed by atoms with Crippen LogP contribution in [0.3, 0.4) is 0 Å². The van der Waals surface area contributed by atoms with Crippen LogP contribution in [0.2, 0.25) is 6.55 Å². The Labute approximate surface area is 46.9 Å². The van der Waals surface area contributed by atoms with Gasteiger partial charge in [-0.15, -0.1) is 0 Å². The maximum absolute atomic E-state index is 10.6. The van der Waals surface area contributed by atoms with Crippen molar-refractivity contribution in [2.24, 2.45) is 5.92 Å². The minimum atomic E-state index is -0.348. The highest BCUT2D eigenvalue weighted by molar-refractivity contribution is 6.73. The number of hydrogen-bond acceptors (Lipinski definition) is 1. The molecule has 0 aromatic heterocycles. The van der Waals surface area contributed by atoms with Crippen LogP contribution in [0.4, 0.5) is 0 Å². The van der Waals surface area contributed by atoms with Gasteiger partial charge in [0.1, 0.15) is 5.41 Å². The van der Waals surface area contributed by atoms with Gasteiger partial charge in [0, 0.05) is 5.92 Å². The van der Waals surface area contributed by atoms with Gasteiger partial charge in [0.05, 0.1) is 9.52 Å². The summed E-state index contributed by atoms with van der Waals surface area (Å²) < 4.78 is 0. The van der Waals surface area contributed by atoms with E-state index in [9.17, 15) is 4.79 Å². The SMILES string of the molecule is C[SiH2]C(=O)C(C)C. The fraction of sp³-hybridized carbons (Fsp3) is 0.800. The summed E-state index contributed by atoms with van der Waals surface area (Å²) in [4.78, 5) is 10.6. The summed E-state index contributed by atoms with van der Waals surface area (Å²) in [7, 11) is -0.348. The monoisotopic (exact) mass is 116 g/mol. The van der Waals surface area contributed by atoms with Gasteiger partial charge in [-0.3, -0.25) is 0 Å². The molecule has 0 unspecified atom stereocenters. The van der Waals surface area contributed by atoms with Gasteiger partial charge in [-0.1, -0.05) is 20.4 Å². The molecule has 0 saturated carbocycles. The van der Waals surface area contributed by atoms with Crippen molar-refractivity contribution in [1.82, 2.24) is 0 Å². The Hall–Kier alpha value is -0.113. The van der Waals surface area contributed by atoms with Gasteiger partial charge in [0.15, 0.2) is 0 Å². The lowest BCUT2D eigenvalue weighted by Crippen LogP contribution is -2.11. The van der Waals surface area contributed by atoms with E-state index >= 15 is 0 Å². The van der Waals surface area contributed by atoms with Crippen molar-refractivity contribution in [3.63, 3.8) is 0 Å². The lowest BCUT2D eigenvalue weighted by molar-refractivity contribution is -0.114. The molecule has 0 heterocycles. The highest BCUT2D eigenvalue weighted by Crippen LogP contribution is 1.90. The Bertz CT molecular complexity index is 68.5. The summed E-state index contributed by atoms with van der Waals surface area (Å²) in [6.07, 6.45) is 0. The van der Waals surface area contributed by atoms with Crippen molar-refractivity contribution in [2.75, 3.05) is 0 Å². The van der Waals surface area contributed by atoms with E-state index in [1.54, 1.807) is 0 Å². The van der Waals surface area contributed by atoms with Crippen molar-refractivity contribution in [3.05, 3.63) is 0 Å². The zero-order valence-electron chi connectivity index (χ0n) is 5.19. The highest BCUT2D eigenvalue weighted by atomic mass is 28.2. The molecule has 1 nitrogen and oxygen atoms in total. The molecule has 0 amide bonds. The van der Waals surface area contributed by atoms with E-state index in [4.69, 9.17) is 0 Å². The first kappa shape index (κ1) is 6.89. The molecule has 0 rings (SSSR count). The van der Waals surface area contributed by atoms with Crippen molar-refractivity contribution in [1.29, 1.82) is 0 Å². The van der Waals surface area contributed by atoms with Crippen LogP contribution in [0, 0.1) is 5.92 Å². The third-order valence-corrected chi connectivity index (χ3v) is 2.51. The lowest BCUT2D eigenvalue weighted by Gasteiger charge is -1.95. The van der Waals surface area contributed by atoms with Crippen LogP contribution in [-0.4, -0.2) is 14.9 Å². The van der Waals surface area contributed by atoms with E-state index in [2.05, 4.69) is 0 Å². The van der Waals surface area contributed by atoms with Crippen LogP contribution in [0.15, 0.2) is 0 Å². The van der Waals surface area contributed by atoms with Gasteiger partial charge in [0.25, 0.3) is 0 Å². The van der Waals surface area contributed by atoms with Gasteiger partial charge in [0.2, 0.25) is 0 Å². The molecule has 0 radical (unpaired) electrons. The second kappa shape index (κ2) is 2.96. The third-order valence-electron chi connectivity index (χ3n) is 0.992. The first-order valence-electron chi connectivity index (χ1n) is 2.71. The predicted octanol–water partition coefficient (Wildman–Crippen LogP) is 0.386. The normalized spacial score (nSPS) is 11.4. The molecule has 0 spiro atoms. The molecule has 0 saturated heterocycles. The Morgan fingerprint density at radius 2 is 2.00 bits per heavy atom. The van der Waals surface area contributed by atoms with Crippen LogP contribution in [0.1, 0.15) is 13.8 Å². The summed E-state index contributed by atoms with van der Waals surface area (Å²) in [5.74, 6) is 0.289. The minimum absolute atomic E-state index is 0.289. The standard InChI is InChI=1S/C5H12OSi/c1-4(2)5(6)7-3/h4H,7H2,1-3H3. The van der Waals surface area contributed by atoms with E-state index < -0.39 is 0 Å². The second-order valence-corrected chi connectivity index (χ2v) is 3.38. The number of hydrogen-bond donors (Lipinski definition) is 0. The molecule has 0 aliphatic rings. The maximum Gasteiger partial charge on any atom is 0.106 e. The summed E-state index contributed by atoms with van der Waals surface area (Å²) in [6.45, 7) is 5.94. The molecule has 0 aliphatic heterocycles. The summed E-state index contributed by atoms with van der Waals surface area (Å²) >= 11 is 0. The van der Waals surface area contributed by atoms with E-state index in [0.717, 1.165) is 0 Å². The largest absolute Gasteiger partial charge is 0.306 e. The second-order valence-electron chi connectivity index (χ2n) is 1.97. The van der Waals surface area contributed by atoms with Crippen molar-refractivity contribution in [3.8, 4) is 0 Å². The molecular weight excluding hydrogens is 104 g/mol. The average Bonchev–Trinajstić information content (AvgIpc) is 1.65. The molecule has 0 N–H and O–H groups in total. The van der Waals surface area contributed by atoms with Crippen LogP contribution >= 0.6 is 0 Å². The Balaban J connectivity index is 3.35. The van der Waals surface area contributed by atoms with E-state index in [0.29, 0.717) is 5.41 Å². The Morgan fingerprint density at radius 1 is 1.57 bits per heavy atom. The zero-order chi connectivity index (χ0) is 5.86. The smallest absolute Gasteiger partial charge is 0.106 e. The van der Waals surface area contributed by atoms with Gasteiger partial charge in [-0.05, 0) is 0 Å². The fourth-order valence-electron chi connectivity index (χ4n) is 0.408. The summed E-state index contributed by atoms with van der Waals surface area (Å²) in [5.41, 5.74) is 0. The molecule has 0 bridgehead atoms. The quantitative estimate of drug-likeness (QED) is 0.477. The molecule has 0 atom stereocenters. The Kier molecular flexibility index (Phi) is 2.92. The Morgan fingerprint density at radius 3 is 2.00 bits per heavy atom. The van der Waals surface area contributed by atoms with E-state index in [1.165, 1.54) is 0 Å². The fourth-order valence-corrected chi connectivity index (χ4v) is 1.22. The van der Waals surface area contributed by atoms with Crippen molar-refractivity contribution in [2.45, 2.75) is 20.4 Å². The topological polar surface area (TPSA) is 17.1 Å². The number of rotatable bonds is 2. The van der Waals surface area contributed by atoms with E-state index in [1.807, 2.05) is 20.4 Å². The summed E-state index contributed by atoms with van der Waals surface area (Å²) in [5, 5.41) is 0.486. The maximum atomic E-state index is 10.6. The zero-order valence-corrected chi connectivity index (χ0v) is 6.61. The third kappa shape index (κ3) is 2.57. The van der Waals surface area contributed by atoms with Crippen LogP contribution in [0.5, 0.6) is 0 Å². The molecule has 0 aromatic rings. The number of carbonyl (C=O) groups is 1. The van der Waals surface area contributed by atoms with Crippen LogP contribution in [-0.2, 0) is 4.79 Å². The van der Waals surface area contributed by atoms with Gasteiger partial charge in [-0.2, -0.15) is 0 Å². The lowest BCUT2D eigenvalue weighted by atomic mass is 10.3.